The molecule has 5 nitrogen and oxygen atoms in total. The van der Waals surface area contributed by atoms with Crippen LogP contribution in [0.5, 0.6) is 11.5 Å². The first-order valence-corrected chi connectivity index (χ1v) is 8.41. The highest BCUT2D eigenvalue weighted by atomic mass is 16.5. The highest BCUT2D eigenvalue weighted by Gasteiger charge is 2.81. The number of methoxy groups -OCH3 is 1. The minimum absolute atomic E-state index is 0.0681. The van der Waals surface area contributed by atoms with Crippen LogP contribution in [-0.2, 0) is 16.6 Å². The van der Waals surface area contributed by atoms with Gasteiger partial charge in [0.1, 0.15) is 0 Å². The summed E-state index contributed by atoms with van der Waals surface area (Å²) in [4.78, 5) is 12.7. The lowest BCUT2D eigenvalue weighted by Crippen LogP contribution is -2.70. The van der Waals surface area contributed by atoms with E-state index in [1.54, 1.807) is 7.11 Å². The zero-order chi connectivity index (χ0) is 15.6. The van der Waals surface area contributed by atoms with E-state index in [9.17, 15) is 9.90 Å². The molecule has 23 heavy (non-hydrogen) atoms. The van der Waals surface area contributed by atoms with E-state index in [0.29, 0.717) is 24.3 Å². The second kappa shape index (κ2) is 3.42. The lowest BCUT2D eigenvalue weighted by atomic mass is 9.57. The molecule has 2 bridgehead atoms. The van der Waals surface area contributed by atoms with Crippen LogP contribution in [0, 0.1) is 5.41 Å². The van der Waals surface area contributed by atoms with E-state index in [2.05, 4.69) is 11.4 Å². The molecule has 2 heterocycles. The SMILES string of the molecule is COc1ccc2c3c1O[C@H]1C(=O)CC[C@@]4(O)[C@@H]5NCC5(C2)C[C@]314. The number of rotatable bonds is 1. The third-order valence-corrected chi connectivity index (χ3v) is 7.30. The van der Waals surface area contributed by atoms with E-state index in [4.69, 9.17) is 9.47 Å². The molecule has 2 saturated carbocycles. The molecule has 5 atom stereocenters. The van der Waals surface area contributed by atoms with Gasteiger partial charge in [0, 0.05) is 30.0 Å². The molecule has 0 aromatic heterocycles. The summed E-state index contributed by atoms with van der Waals surface area (Å²) in [6, 6.07) is 4.11. The average Bonchev–Trinajstić information content (AvgIpc) is 2.94. The van der Waals surface area contributed by atoms with Crippen molar-refractivity contribution in [1.29, 1.82) is 0 Å². The number of Topliss-reactive ketones (excluding diaryl/α,β-unsaturated/α-hetero) is 1. The first kappa shape index (κ1) is 12.8. The topological polar surface area (TPSA) is 67.8 Å². The molecule has 120 valence electrons. The molecule has 1 saturated heterocycles. The number of carbonyl (C=O) groups is 1. The van der Waals surface area contributed by atoms with Gasteiger partial charge in [0.05, 0.1) is 18.1 Å². The van der Waals surface area contributed by atoms with Gasteiger partial charge in [0.25, 0.3) is 0 Å². The maximum Gasteiger partial charge on any atom is 0.174 e. The van der Waals surface area contributed by atoms with Gasteiger partial charge in [-0.2, -0.15) is 0 Å². The van der Waals surface area contributed by atoms with Crippen molar-refractivity contribution in [2.45, 2.75) is 48.8 Å². The maximum atomic E-state index is 12.7. The number of nitrogens with one attached hydrogen (secondary N) is 1. The Kier molecular flexibility index (Phi) is 1.90. The summed E-state index contributed by atoms with van der Waals surface area (Å²) in [7, 11) is 1.62. The van der Waals surface area contributed by atoms with Gasteiger partial charge in [0.2, 0.25) is 0 Å². The largest absolute Gasteiger partial charge is 0.493 e. The van der Waals surface area contributed by atoms with E-state index in [0.717, 1.165) is 24.9 Å². The molecule has 1 aromatic carbocycles. The summed E-state index contributed by atoms with van der Waals surface area (Å²) in [5.41, 5.74) is 0.871. The van der Waals surface area contributed by atoms with E-state index >= 15 is 0 Å². The number of ketones is 1. The molecule has 2 N–H and O–H groups in total. The van der Waals surface area contributed by atoms with Crippen molar-refractivity contribution in [3.63, 3.8) is 0 Å². The third-order valence-electron chi connectivity index (χ3n) is 7.30. The molecule has 5 heteroatoms. The van der Waals surface area contributed by atoms with Gasteiger partial charge < -0.3 is 19.9 Å². The van der Waals surface area contributed by atoms with Crippen molar-refractivity contribution in [3.8, 4) is 11.5 Å². The molecule has 3 aliphatic carbocycles. The normalized spacial score (nSPS) is 47.5. The molecular weight excluding hydrogens is 294 g/mol. The van der Waals surface area contributed by atoms with E-state index in [1.807, 2.05) is 6.07 Å². The molecule has 3 fully saturated rings. The molecule has 6 rings (SSSR count). The van der Waals surface area contributed by atoms with E-state index in [-0.39, 0.29) is 17.2 Å². The minimum Gasteiger partial charge on any atom is -0.493 e. The lowest BCUT2D eigenvalue weighted by molar-refractivity contribution is -0.149. The maximum absolute atomic E-state index is 12.7. The van der Waals surface area contributed by atoms with Gasteiger partial charge in [-0.05, 0) is 30.9 Å². The Hall–Kier alpha value is -1.59. The van der Waals surface area contributed by atoms with Crippen LogP contribution in [0.1, 0.15) is 30.4 Å². The number of fused-ring (bicyclic) bond motifs is 1. The summed E-state index contributed by atoms with van der Waals surface area (Å²) in [5.74, 6) is 1.49. The standard InChI is InChI=1S/C18H19NO4/c1-22-11-3-2-9-6-16-7-17-12(9)13(11)23-14(17)10(20)4-5-18(17,21)15(16)19-8-16/h2-3,14-15,19,21H,4-8H2,1H3/t14-,15+,16?,17-,18+/m0/s1. The number of carbonyl (C=O) groups excluding carboxylic acids is 1. The number of benzene rings is 1. The second-order valence-corrected chi connectivity index (χ2v) is 8.02. The zero-order valence-electron chi connectivity index (χ0n) is 13.0. The monoisotopic (exact) mass is 313 g/mol. The van der Waals surface area contributed by atoms with Gasteiger partial charge in [0.15, 0.2) is 23.4 Å². The predicted octanol–water partition coefficient (Wildman–Crippen LogP) is 0.706. The van der Waals surface area contributed by atoms with Crippen LogP contribution in [0.3, 0.4) is 0 Å². The quantitative estimate of drug-likeness (QED) is 0.799. The fourth-order valence-electron chi connectivity index (χ4n) is 6.55. The number of aliphatic hydroxyl groups is 1. The summed E-state index contributed by atoms with van der Waals surface area (Å²) < 4.78 is 11.7. The molecule has 1 aromatic rings. The number of hydrogen-bond donors (Lipinski definition) is 2. The van der Waals surface area contributed by atoms with Crippen molar-refractivity contribution < 1.29 is 19.4 Å². The average molecular weight is 313 g/mol. The third kappa shape index (κ3) is 1.04. The van der Waals surface area contributed by atoms with Crippen LogP contribution >= 0.6 is 0 Å². The fraction of sp³-hybridized carbons (Fsp3) is 0.611. The van der Waals surface area contributed by atoms with Crippen LogP contribution in [-0.4, -0.2) is 42.3 Å². The molecule has 5 aliphatic rings. The zero-order valence-corrected chi connectivity index (χ0v) is 13.0. The van der Waals surface area contributed by atoms with Crippen LogP contribution < -0.4 is 14.8 Å². The van der Waals surface area contributed by atoms with Crippen LogP contribution in [0.25, 0.3) is 0 Å². The molecular formula is C18H19NO4. The summed E-state index contributed by atoms with van der Waals surface area (Å²) in [6.07, 6.45) is 2.16. The van der Waals surface area contributed by atoms with Crippen molar-refractivity contribution >= 4 is 5.78 Å². The van der Waals surface area contributed by atoms with Gasteiger partial charge in [-0.25, -0.2) is 0 Å². The van der Waals surface area contributed by atoms with Crippen LogP contribution in [0.4, 0.5) is 0 Å². The second-order valence-electron chi connectivity index (χ2n) is 8.02. The fourth-order valence-corrected chi connectivity index (χ4v) is 6.55. The Morgan fingerprint density at radius 1 is 1.43 bits per heavy atom. The Balaban J connectivity index is 1.73. The summed E-state index contributed by atoms with van der Waals surface area (Å²) in [5, 5.41) is 15.2. The van der Waals surface area contributed by atoms with Gasteiger partial charge in [-0.1, -0.05) is 6.07 Å². The van der Waals surface area contributed by atoms with Gasteiger partial charge in [-0.3, -0.25) is 4.79 Å². The van der Waals surface area contributed by atoms with E-state index in [1.165, 1.54) is 5.56 Å². The summed E-state index contributed by atoms with van der Waals surface area (Å²) >= 11 is 0. The van der Waals surface area contributed by atoms with E-state index < -0.39 is 17.1 Å². The van der Waals surface area contributed by atoms with Crippen molar-refractivity contribution in [3.05, 3.63) is 23.3 Å². The molecule has 2 spiro atoms. The Bertz CT molecular complexity index is 791. The lowest BCUT2D eigenvalue weighted by Gasteiger charge is -2.51. The highest BCUT2D eigenvalue weighted by molar-refractivity contribution is 5.90. The molecule has 1 unspecified atom stereocenters. The Labute approximate surface area is 134 Å². The highest BCUT2D eigenvalue weighted by Crippen LogP contribution is 2.73. The molecule has 2 aliphatic heterocycles. The Morgan fingerprint density at radius 3 is 3.04 bits per heavy atom. The Morgan fingerprint density at radius 2 is 2.30 bits per heavy atom. The number of hydrogen-bond acceptors (Lipinski definition) is 5. The van der Waals surface area contributed by atoms with Crippen LogP contribution in [0.15, 0.2) is 12.1 Å². The first-order chi connectivity index (χ1) is 11.1. The van der Waals surface area contributed by atoms with Gasteiger partial charge >= 0.3 is 0 Å². The van der Waals surface area contributed by atoms with Crippen molar-refractivity contribution in [2.24, 2.45) is 5.41 Å². The first-order valence-electron chi connectivity index (χ1n) is 8.41. The number of ether oxygens (including phenoxy) is 2. The van der Waals surface area contributed by atoms with Crippen LogP contribution in [0.2, 0.25) is 0 Å². The van der Waals surface area contributed by atoms with Crippen molar-refractivity contribution in [1.82, 2.24) is 5.32 Å². The smallest absolute Gasteiger partial charge is 0.174 e. The van der Waals surface area contributed by atoms with Crippen molar-refractivity contribution in [2.75, 3.05) is 13.7 Å². The molecule has 0 amide bonds. The minimum atomic E-state index is -0.896. The van der Waals surface area contributed by atoms with Gasteiger partial charge in [-0.15, -0.1) is 0 Å². The summed E-state index contributed by atoms with van der Waals surface area (Å²) in [6.45, 7) is 0.920. The predicted molar refractivity (Wildman–Crippen MR) is 80.8 cm³/mol. The molecule has 0 radical (unpaired) electrons.